The summed E-state index contributed by atoms with van der Waals surface area (Å²) in [5.41, 5.74) is 0.747. The van der Waals surface area contributed by atoms with Crippen LogP contribution in [0.1, 0.15) is 10.6 Å². The minimum atomic E-state index is -1.25. The van der Waals surface area contributed by atoms with E-state index in [0.29, 0.717) is 28.8 Å². The number of para-hydroxylation sites is 1. The highest BCUT2D eigenvalue weighted by molar-refractivity contribution is 5.86. The number of methoxy groups -OCH3 is 3. The average Bonchev–Trinajstić information content (AvgIpc) is 3.12. The summed E-state index contributed by atoms with van der Waals surface area (Å²) < 4.78 is 17.2. The number of carboxylic acids is 1. The second-order valence-corrected chi connectivity index (χ2v) is 5.06. The van der Waals surface area contributed by atoms with Crippen molar-refractivity contribution >= 4 is 5.97 Å². The lowest BCUT2D eigenvalue weighted by Crippen LogP contribution is -2.11. The third-order valence-corrected chi connectivity index (χ3v) is 3.64. The van der Waals surface area contributed by atoms with Crippen molar-refractivity contribution < 1.29 is 24.1 Å². The Hall–Kier alpha value is -3.62. The lowest BCUT2D eigenvalue weighted by Gasteiger charge is -2.16. The van der Waals surface area contributed by atoms with Crippen LogP contribution in [0.2, 0.25) is 0 Å². The molecule has 2 aromatic heterocycles. The first-order valence-electron chi connectivity index (χ1n) is 7.52. The van der Waals surface area contributed by atoms with E-state index in [1.54, 1.807) is 36.4 Å². The Kier molecular flexibility index (Phi) is 4.70. The van der Waals surface area contributed by atoms with Gasteiger partial charge in [0.1, 0.15) is 22.9 Å². The molecule has 0 saturated carbocycles. The molecule has 0 spiro atoms. The van der Waals surface area contributed by atoms with Crippen molar-refractivity contribution in [2.45, 2.75) is 0 Å². The van der Waals surface area contributed by atoms with Gasteiger partial charge in [-0.3, -0.25) is 4.57 Å². The molecule has 3 aromatic rings. The Balaban J connectivity index is 2.34. The van der Waals surface area contributed by atoms with Crippen LogP contribution in [0.25, 0.3) is 17.2 Å². The lowest BCUT2D eigenvalue weighted by molar-refractivity contribution is 0.0681. The Morgan fingerprint density at radius 2 is 1.62 bits per heavy atom. The van der Waals surface area contributed by atoms with Gasteiger partial charge in [0, 0.05) is 6.07 Å². The average molecular weight is 356 g/mol. The maximum atomic E-state index is 11.7. The molecule has 9 heteroatoms. The number of hydrogen-bond acceptors (Lipinski definition) is 7. The monoisotopic (exact) mass is 356 g/mol. The van der Waals surface area contributed by atoms with Crippen molar-refractivity contribution in [1.29, 1.82) is 0 Å². The van der Waals surface area contributed by atoms with Crippen molar-refractivity contribution in [2.24, 2.45) is 0 Å². The molecule has 1 N–H and O–H groups in total. The molecule has 0 amide bonds. The molecule has 0 saturated heterocycles. The predicted molar refractivity (Wildman–Crippen MR) is 91.2 cm³/mol. The molecule has 26 heavy (non-hydrogen) atoms. The number of ether oxygens (including phenoxy) is 3. The van der Waals surface area contributed by atoms with Crippen LogP contribution >= 0.6 is 0 Å². The number of aromatic carboxylic acids is 1. The summed E-state index contributed by atoms with van der Waals surface area (Å²) in [6.07, 6.45) is 0. The van der Waals surface area contributed by atoms with Crippen molar-refractivity contribution in [3.8, 4) is 34.6 Å². The molecule has 1 aromatic carbocycles. The van der Waals surface area contributed by atoms with E-state index in [2.05, 4.69) is 15.2 Å². The first-order valence-corrected chi connectivity index (χ1v) is 7.52. The fourth-order valence-electron chi connectivity index (χ4n) is 2.51. The maximum absolute atomic E-state index is 11.7. The predicted octanol–water partition coefficient (Wildman–Crippen LogP) is 2.05. The standard InChI is InChI=1S/C17H16N4O5/c1-24-11-7-5-8-12(25-2)14(11)21-15(19-20-16(21)17(22)23)10-6-4-9-13(18-10)26-3/h4-9H,1-3H3,(H,22,23). The van der Waals surface area contributed by atoms with Crippen LogP contribution in [0.15, 0.2) is 36.4 Å². The van der Waals surface area contributed by atoms with Gasteiger partial charge in [-0.1, -0.05) is 12.1 Å². The molecular weight excluding hydrogens is 340 g/mol. The quantitative estimate of drug-likeness (QED) is 0.715. The molecule has 9 nitrogen and oxygen atoms in total. The van der Waals surface area contributed by atoms with Gasteiger partial charge in [-0.25, -0.2) is 9.78 Å². The summed E-state index contributed by atoms with van der Waals surface area (Å²) in [5, 5.41) is 17.4. The largest absolute Gasteiger partial charge is 0.494 e. The minimum absolute atomic E-state index is 0.212. The van der Waals surface area contributed by atoms with Gasteiger partial charge < -0.3 is 19.3 Å². The van der Waals surface area contributed by atoms with Gasteiger partial charge in [0.15, 0.2) is 5.82 Å². The second kappa shape index (κ2) is 7.09. The molecule has 0 radical (unpaired) electrons. The molecule has 0 aliphatic heterocycles. The van der Waals surface area contributed by atoms with Gasteiger partial charge in [-0.2, -0.15) is 0 Å². The van der Waals surface area contributed by atoms with Crippen LogP contribution in [0.5, 0.6) is 17.4 Å². The summed E-state index contributed by atoms with van der Waals surface area (Å²) in [6.45, 7) is 0. The summed E-state index contributed by atoms with van der Waals surface area (Å²) in [7, 11) is 4.45. The van der Waals surface area contributed by atoms with E-state index in [1.807, 2.05) is 0 Å². The van der Waals surface area contributed by atoms with Gasteiger partial charge in [-0.15, -0.1) is 10.2 Å². The van der Waals surface area contributed by atoms with Crippen LogP contribution in [0.3, 0.4) is 0 Å². The molecule has 0 fully saturated rings. The fraction of sp³-hybridized carbons (Fsp3) is 0.176. The van der Waals surface area contributed by atoms with Crippen molar-refractivity contribution in [3.05, 3.63) is 42.2 Å². The van der Waals surface area contributed by atoms with Crippen LogP contribution in [-0.2, 0) is 0 Å². The Morgan fingerprint density at radius 3 is 2.19 bits per heavy atom. The van der Waals surface area contributed by atoms with Crippen LogP contribution in [0.4, 0.5) is 0 Å². The Morgan fingerprint density at radius 1 is 0.962 bits per heavy atom. The Labute approximate surface area is 148 Å². The summed E-state index contributed by atoms with van der Waals surface area (Å²) in [6, 6.07) is 10.2. The first-order chi connectivity index (χ1) is 12.6. The SMILES string of the molecule is COc1cccc(-c2nnc(C(=O)O)n2-c2c(OC)cccc2OC)n1. The smallest absolute Gasteiger partial charge is 0.374 e. The van der Waals surface area contributed by atoms with Gasteiger partial charge >= 0.3 is 5.97 Å². The van der Waals surface area contributed by atoms with Crippen LogP contribution in [0, 0.1) is 0 Å². The summed E-state index contributed by atoms with van der Waals surface area (Å²) in [5.74, 6) is -0.177. The fourth-order valence-corrected chi connectivity index (χ4v) is 2.51. The molecule has 2 heterocycles. The van der Waals surface area contributed by atoms with Gasteiger partial charge in [0.05, 0.1) is 21.3 Å². The Bertz CT molecular complexity index is 932. The van der Waals surface area contributed by atoms with Crippen molar-refractivity contribution in [2.75, 3.05) is 21.3 Å². The number of rotatable bonds is 6. The van der Waals surface area contributed by atoms with E-state index in [0.717, 1.165) is 0 Å². The van der Waals surface area contributed by atoms with E-state index in [4.69, 9.17) is 14.2 Å². The van der Waals surface area contributed by atoms with Crippen molar-refractivity contribution in [3.63, 3.8) is 0 Å². The molecule has 0 bridgehead atoms. The van der Waals surface area contributed by atoms with Gasteiger partial charge in [0.2, 0.25) is 11.7 Å². The zero-order valence-corrected chi connectivity index (χ0v) is 14.3. The maximum Gasteiger partial charge on any atom is 0.374 e. The van der Waals surface area contributed by atoms with E-state index in [9.17, 15) is 9.90 Å². The summed E-state index contributed by atoms with van der Waals surface area (Å²) >= 11 is 0. The van der Waals surface area contributed by atoms with Gasteiger partial charge in [-0.05, 0) is 18.2 Å². The highest BCUT2D eigenvalue weighted by Gasteiger charge is 2.26. The van der Waals surface area contributed by atoms with E-state index >= 15 is 0 Å². The molecular formula is C17H16N4O5. The number of benzene rings is 1. The highest BCUT2D eigenvalue weighted by Crippen LogP contribution is 2.36. The second-order valence-electron chi connectivity index (χ2n) is 5.06. The number of nitrogens with zero attached hydrogens (tertiary/aromatic N) is 4. The molecule has 134 valence electrons. The number of aromatic nitrogens is 4. The molecule has 0 atom stereocenters. The van der Waals surface area contributed by atoms with Crippen LogP contribution in [-0.4, -0.2) is 52.2 Å². The lowest BCUT2D eigenvalue weighted by atomic mass is 10.2. The van der Waals surface area contributed by atoms with E-state index in [-0.39, 0.29) is 11.6 Å². The zero-order chi connectivity index (χ0) is 18.7. The summed E-state index contributed by atoms with van der Waals surface area (Å²) in [4.78, 5) is 16.0. The minimum Gasteiger partial charge on any atom is -0.494 e. The molecule has 3 rings (SSSR count). The van der Waals surface area contributed by atoms with E-state index < -0.39 is 5.97 Å². The van der Waals surface area contributed by atoms with E-state index in [1.165, 1.54) is 25.9 Å². The first kappa shape index (κ1) is 17.2. The number of carboxylic acid groups (broad SMARTS) is 1. The zero-order valence-electron chi connectivity index (χ0n) is 14.3. The van der Waals surface area contributed by atoms with Crippen molar-refractivity contribution in [1.82, 2.24) is 19.7 Å². The van der Waals surface area contributed by atoms with Gasteiger partial charge in [0.25, 0.3) is 0 Å². The number of hydrogen-bond donors (Lipinski definition) is 1. The number of carbonyl (C=O) groups is 1. The highest BCUT2D eigenvalue weighted by atomic mass is 16.5. The third kappa shape index (κ3) is 2.90. The normalized spacial score (nSPS) is 10.4. The molecule has 0 aliphatic carbocycles. The van der Waals surface area contributed by atoms with Crippen LogP contribution < -0.4 is 14.2 Å². The molecule has 0 unspecified atom stereocenters. The third-order valence-electron chi connectivity index (χ3n) is 3.64. The number of pyridine rings is 1. The molecule has 0 aliphatic rings. The topological polar surface area (TPSA) is 109 Å².